The first-order chi connectivity index (χ1) is 5.88. The van der Waals surface area contributed by atoms with Crippen molar-refractivity contribution in [3.05, 3.63) is 35.8 Å². The minimum absolute atomic E-state index is 0.757. The summed E-state index contributed by atoms with van der Waals surface area (Å²) in [6.45, 7) is 5.62. The van der Waals surface area contributed by atoms with E-state index >= 15 is 0 Å². The average Bonchev–Trinajstić information content (AvgIpc) is 2.15. The van der Waals surface area contributed by atoms with Crippen LogP contribution in [0.1, 0.15) is 13.8 Å². The number of allylic oxidation sites excluding steroid dienone is 4. The van der Waals surface area contributed by atoms with Gasteiger partial charge in [0.05, 0.1) is 5.70 Å². The Kier molecular flexibility index (Phi) is 3.45. The van der Waals surface area contributed by atoms with E-state index < -0.39 is 0 Å². The average molecular weight is 165 g/mol. The zero-order valence-electron chi connectivity index (χ0n) is 7.63. The molecule has 1 fully saturated rings. The number of hydrogen-bond donors (Lipinski definition) is 1. The molecule has 1 rings (SSSR count). The van der Waals surface area contributed by atoms with Gasteiger partial charge >= 0.3 is 0 Å². The van der Waals surface area contributed by atoms with Crippen molar-refractivity contribution in [1.82, 2.24) is 5.32 Å². The van der Waals surface area contributed by atoms with Crippen LogP contribution in [0.4, 0.5) is 0 Å². The third-order valence-corrected chi connectivity index (χ3v) is 1.66. The smallest absolute Gasteiger partial charge is 0.138 e. The molecule has 0 radical (unpaired) electrons. The highest BCUT2D eigenvalue weighted by Gasteiger charge is 2.08. The Hall–Kier alpha value is -1.18. The summed E-state index contributed by atoms with van der Waals surface area (Å²) in [4.78, 5) is 0. The lowest BCUT2D eigenvalue weighted by Crippen LogP contribution is -2.27. The van der Waals surface area contributed by atoms with Crippen LogP contribution in [0.5, 0.6) is 0 Å². The molecule has 1 aliphatic heterocycles. The van der Waals surface area contributed by atoms with Crippen LogP contribution >= 0.6 is 0 Å². The van der Waals surface area contributed by atoms with E-state index in [0.29, 0.717) is 0 Å². The first kappa shape index (κ1) is 8.91. The van der Waals surface area contributed by atoms with Crippen LogP contribution < -0.4 is 5.32 Å². The van der Waals surface area contributed by atoms with E-state index in [1.165, 1.54) is 0 Å². The molecule has 0 unspecified atom stereocenters. The Balaban J connectivity index is 2.71. The van der Waals surface area contributed by atoms with Gasteiger partial charge in [0, 0.05) is 6.54 Å². The molecule has 0 aliphatic carbocycles. The Bertz CT molecular complexity index is 226. The van der Waals surface area contributed by atoms with Crippen molar-refractivity contribution < 1.29 is 4.74 Å². The van der Waals surface area contributed by atoms with E-state index in [-0.39, 0.29) is 0 Å². The maximum atomic E-state index is 5.43. The predicted molar refractivity (Wildman–Crippen MR) is 50.6 cm³/mol. The number of morpholine rings is 1. The van der Waals surface area contributed by atoms with Crippen molar-refractivity contribution in [1.29, 1.82) is 0 Å². The second-order valence-electron chi connectivity index (χ2n) is 2.53. The fraction of sp³-hybridized carbons (Fsp3) is 0.400. The van der Waals surface area contributed by atoms with Crippen molar-refractivity contribution >= 4 is 0 Å². The summed E-state index contributed by atoms with van der Waals surface area (Å²) in [5, 5.41) is 3.27. The van der Waals surface area contributed by atoms with Crippen LogP contribution in [0, 0.1) is 0 Å². The molecule has 1 heterocycles. The molecule has 12 heavy (non-hydrogen) atoms. The fourth-order valence-electron chi connectivity index (χ4n) is 1.08. The first-order valence-electron chi connectivity index (χ1n) is 4.25. The summed E-state index contributed by atoms with van der Waals surface area (Å²) < 4.78 is 5.43. The minimum atomic E-state index is 0.757. The topological polar surface area (TPSA) is 21.3 Å². The van der Waals surface area contributed by atoms with Gasteiger partial charge in [0.2, 0.25) is 0 Å². The van der Waals surface area contributed by atoms with Gasteiger partial charge < -0.3 is 10.1 Å². The highest BCUT2D eigenvalue weighted by Crippen LogP contribution is 2.12. The van der Waals surface area contributed by atoms with Crippen LogP contribution in [-0.4, -0.2) is 13.2 Å². The molecule has 2 nitrogen and oxygen atoms in total. The Labute approximate surface area is 73.6 Å². The predicted octanol–water partition coefficient (Wildman–Crippen LogP) is 1.97. The molecule has 0 aromatic carbocycles. The highest BCUT2D eigenvalue weighted by molar-refractivity contribution is 5.28. The van der Waals surface area contributed by atoms with Crippen molar-refractivity contribution in [3.63, 3.8) is 0 Å². The van der Waals surface area contributed by atoms with Gasteiger partial charge in [-0.3, -0.25) is 0 Å². The standard InChI is InChI=1S/C10H15NO/c1-3-5-6-9-10(4-2)12-8-7-11-9/h3-6,11H,7-8H2,1-2H3/b5-3-,9-6+,10-4+. The minimum Gasteiger partial charge on any atom is -0.490 e. The number of nitrogens with one attached hydrogen (secondary N) is 1. The zero-order chi connectivity index (χ0) is 8.81. The van der Waals surface area contributed by atoms with E-state index in [1.54, 1.807) is 0 Å². The van der Waals surface area contributed by atoms with Crippen molar-refractivity contribution in [3.8, 4) is 0 Å². The molecule has 0 bridgehead atoms. The van der Waals surface area contributed by atoms with Crippen LogP contribution in [0.2, 0.25) is 0 Å². The maximum Gasteiger partial charge on any atom is 0.138 e. The van der Waals surface area contributed by atoms with Gasteiger partial charge in [0.1, 0.15) is 12.4 Å². The molecule has 1 aliphatic rings. The quantitative estimate of drug-likeness (QED) is 0.641. The molecule has 0 aromatic heterocycles. The van der Waals surface area contributed by atoms with Crippen LogP contribution in [0.3, 0.4) is 0 Å². The van der Waals surface area contributed by atoms with E-state index in [1.807, 2.05) is 38.2 Å². The van der Waals surface area contributed by atoms with E-state index in [4.69, 9.17) is 4.74 Å². The zero-order valence-corrected chi connectivity index (χ0v) is 7.63. The third kappa shape index (κ3) is 2.16. The third-order valence-electron chi connectivity index (χ3n) is 1.66. The molecule has 1 N–H and O–H groups in total. The Morgan fingerprint density at radius 2 is 2.25 bits per heavy atom. The van der Waals surface area contributed by atoms with Crippen molar-refractivity contribution in [2.75, 3.05) is 13.2 Å². The van der Waals surface area contributed by atoms with Crippen molar-refractivity contribution in [2.24, 2.45) is 0 Å². The van der Waals surface area contributed by atoms with Crippen LogP contribution in [0.25, 0.3) is 0 Å². The van der Waals surface area contributed by atoms with Gasteiger partial charge in [0.15, 0.2) is 0 Å². The second kappa shape index (κ2) is 4.65. The highest BCUT2D eigenvalue weighted by atomic mass is 16.5. The number of hydrogen-bond acceptors (Lipinski definition) is 2. The normalized spacial score (nSPS) is 24.5. The van der Waals surface area contributed by atoms with Gasteiger partial charge in [0.25, 0.3) is 0 Å². The van der Waals surface area contributed by atoms with Gasteiger partial charge in [-0.2, -0.15) is 0 Å². The van der Waals surface area contributed by atoms with E-state index in [0.717, 1.165) is 24.6 Å². The lowest BCUT2D eigenvalue weighted by atomic mass is 10.2. The molecule has 0 atom stereocenters. The van der Waals surface area contributed by atoms with Gasteiger partial charge in [-0.25, -0.2) is 0 Å². The van der Waals surface area contributed by atoms with Gasteiger partial charge in [-0.1, -0.05) is 12.2 Å². The van der Waals surface area contributed by atoms with E-state index in [9.17, 15) is 0 Å². The number of rotatable bonds is 1. The van der Waals surface area contributed by atoms with Crippen LogP contribution in [0.15, 0.2) is 35.8 Å². The number of ether oxygens (including phenoxy) is 1. The first-order valence-corrected chi connectivity index (χ1v) is 4.25. The van der Waals surface area contributed by atoms with Gasteiger partial charge in [-0.15, -0.1) is 0 Å². The largest absolute Gasteiger partial charge is 0.490 e. The molecule has 0 amide bonds. The molecule has 0 saturated carbocycles. The summed E-state index contributed by atoms with van der Waals surface area (Å²) >= 11 is 0. The fourth-order valence-corrected chi connectivity index (χ4v) is 1.08. The molecule has 0 spiro atoms. The van der Waals surface area contributed by atoms with Gasteiger partial charge in [-0.05, 0) is 26.0 Å². The molecule has 0 aromatic rings. The summed E-state index contributed by atoms with van der Waals surface area (Å²) in [5.74, 6) is 0.944. The maximum absolute atomic E-state index is 5.43. The van der Waals surface area contributed by atoms with E-state index in [2.05, 4.69) is 5.32 Å². The molecular formula is C10H15NO. The van der Waals surface area contributed by atoms with Crippen LogP contribution in [-0.2, 0) is 4.74 Å². The SMILES string of the molecule is C\C=C/C=C1/NCCO/C1=C/C. The monoisotopic (exact) mass is 165 g/mol. The molecular weight excluding hydrogens is 150 g/mol. The lowest BCUT2D eigenvalue weighted by molar-refractivity contribution is 0.196. The second-order valence-corrected chi connectivity index (χ2v) is 2.53. The Morgan fingerprint density at radius 3 is 2.92 bits per heavy atom. The van der Waals surface area contributed by atoms with Crippen molar-refractivity contribution in [2.45, 2.75) is 13.8 Å². The molecule has 66 valence electrons. The Morgan fingerprint density at radius 1 is 1.42 bits per heavy atom. The summed E-state index contributed by atoms with van der Waals surface area (Å²) in [6.07, 6.45) is 7.99. The summed E-state index contributed by atoms with van der Waals surface area (Å²) in [7, 11) is 0. The summed E-state index contributed by atoms with van der Waals surface area (Å²) in [5.41, 5.74) is 1.07. The summed E-state index contributed by atoms with van der Waals surface area (Å²) in [6, 6.07) is 0. The molecule has 2 heteroatoms. The molecule has 1 saturated heterocycles. The lowest BCUT2D eigenvalue weighted by Gasteiger charge is -2.20.